The average Bonchev–Trinajstić information content (AvgIpc) is 2.45. The van der Waals surface area contributed by atoms with Gasteiger partial charge in [-0.25, -0.2) is 0 Å². The van der Waals surface area contributed by atoms with Crippen LogP contribution in [-0.4, -0.2) is 27.8 Å². The van der Waals surface area contributed by atoms with Gasteiger partial charge < -0.3 is 10.2 Å². The maximum Gasteiger partial charge on any atom is 0.271 e. The van der Waals surface area contributed by atoms with Crippen molar-refractivity contribution in [2.45, 2.75) is 18.6 Å². The number of aliphatic hydroxyl groups excluding tert-OH is 2. The molecule has 0 radical (unpaired) electrons. The Bertz CT molecular complexity index is 591. The second kappa shape index (κ2) is 7.06. The fraction of sp³-hybridized carbons (Fsp3) is 0.364. The SMILES string of the molecule is N#Cc1cc(C(O)C(O)CCN=[N+]=[N-])cc([N+](=O)[O-])c1. The summed E-state index contributed by atoms with van der Waals surface area (Å²) in [4.78, 5) is 12.5. The van der Waals surface area contributed by atoms with Crippen LogP contribution >= 0.6 is 0 Å². The molecule has 0 heterocycles. The van der Waals surface area contributed by atoms with Crippen LogP contribution in [0.3, 0.4) is 0 Å². The molecule has 2 atom stereocenters. The average molecular weight is 277 g/mol. The van der Waals surface area contributed by atoms with E-state index in [1.807, 2.05) is 0 Å². The van der Waals surface area contributed by atoms with Crippen molar-refractivity contribution < 1.29 is 15.1 Å². The molecule has 0 aliphatic rings. The molecule has 0 aliphatic heterocycles. The molecule has 1 aromatic rings. The van der Waals surface area contributed by atoms with Crippen molar-refractivity contribution in [3.8, 4) is 6.07 Å². The van der Waals surface area contributed by atoms with Crippen molar-refractivity contribution in [3.63, 3.8) is 0 Å². The molecule has 0 aliphatic carbocycles. The molecule has 2 unspecified atom stereocenters. The molecule has 0 bridgehead atoms. The summed E-state index contributed by atoms with van der Waals surface area (Å²) in [6.07, 6.45) is -2.67. The maximum absolute atomic E-state index is 10.7. The number of azide groups is 1. The van der Waals surface area contributed by atoms with Crippen LogP contribution < -0.4 is 0 Å². The number of non-ortho nitro benzene ring substituents is 1. The van der Waals surface area contributed by atoms with E-state index in [1.54, 1.807) is 6.07 Å². The Morgan fingerprint density at radius 1 is 1.50 bits per heavy atom. The van der Waals surface area contributed by atoms with Crippen LogP contribution in [0, 0.1) is 21.4 Å². The maximum atomic E-state index is 10.7. The van der Waals surface area contributed by atoms with E-state index in [4.69, 9.17) is 10.8 Å². The summed E-state index contributed by atoms with van der Waals surface area (Å²) in [5, 5.41) is 42.3. The number of hydrogen-bond acceptors (Lipinski definition) is 6. The quantitative estimate of drug-likeness (QED) is 0.265. The normalized spacial score (nSPS) is 12.8. The number of nitro groups is 1. The highest BCUT2D eigenvalue weighted by Gasteiger charge is 2.21. The first-order valence-corrected chi connectivity index (χ1v) is 5.56. The van der Waals surface area contributed by atoms with Gasteiger partial charge in [0, 0.05) is 23.6 Å². The van der Waals surface area contributed by atoms with Gasteiger partial charge in [0.25, 0.3) is 5.69 Å². The van der Waals surface area contributed by atoms with Gasteiger partial charge >= 0.3 is 0 Å². The van der Waals surface area contributed by atoms with Gasteiger partial charge in [-0.05, 0) is 23.6 Å². The topological polar surface area (TPSA) is 156 Å². The molecule has 1 aromatic carbocycles. The third kappa shape index (κ3) is 3.93. The van der Waals surface area contributed by atoms with Crippen LogP contribution in [0.1, 0.15) is 23.7 Å². The van der Waals surface area contributed by atoms with Crippen LogP contribution in [0.2, 0.25) is 0 Å². The van der Waals surface area contributed by atoms with Crippen LogP contribution in [0.25, 0.3) is 10.4 Å². The van der Waals surface area contributed by atoms with Gasteiger partial charge in [0.15, 0.2) is 0 Å². The number of hydrogen-bond donors (Lipinski definition) is 2. The minimum atomic E-state index is -1.41. The van der Waals surface area contributed by atoms with Gasteiger partial charge in [-0.1, -0.05) is 5.11 Å². The smallest absolute Gasteiger partial charge is 0.271 e. The number of aliphatic hydroxyl groups is 2. The molecule has 0 amide bonds. The van der Waals surface area contributed by atoms with Gasteiger partial charge in [0.2, 0.25) is 0 Å². The summed E-state index contributed by atoms with van der Waals surface area (Å²) in [7, 11) is 0. The zero-order valence-electron chi connectivity index (χ0n) is 10.2. The lowest BCUT2D eigenvalue weighted by Crippen LogP contribution is -2.19. The van der Waals surface area contributed by atoms with E-state index in [1.165, 1.54) is 6.07 Å². The van der Waals surface area contributed by atoms with Gasteiger partial charge in [-0.3, -0.25) is 10.1 Å². The predicted molar refractivity (Wildman–Crippen MR) is 67.4 cm³/mol. The summed E-state index contributed by atoms with van der Waals surface area (Å²) in [5.74, 6) is 0. The predicted octanol–water partition coefficient (Wildman–Crippen LogP) is 1.56. The number of nitriles is 1. The highest BCUT2D eigenvalue weighted by atomic mass is 16.6. The second-order valence-electron chi connectivity index (χ2n) is 3.94. The largest absolute Gasteiger partial charge is 0.390 e. The first-order chi connectivity index (χ1) is 9.49. The zero-order valence-corrected chi connectivity index (χ0v) is 10.2. The molecule has 0 saturated heterocycles. The Kier molecular flexibility index (Phi) is 5.43. The van der Waals surface area contributed by atoms with Crippen molar-refractivity contribution in [2.75, 3.05) is 6.54 Å². The van der Waals surface area contributed by atoms with Gasteiger partial charge in [0.1, 0.15) is 6.10 Å². The molecule has 0 saturated carbocycles. The lowest BCUT2D eigenvalue weighted by Gasteiger charge is -2.17. The van der Waals surface area contributed by atoms with E-state index < -0.39 is 17.1 Å². The summed E-state index contributed by atoms with van der Waals surface area (Å²) >= 11 is 0. The number of rotatable bonds is 6. The molecule has 9 nitrogen and oxygen atoms in total. The lowest BCUT2D eigenvalue weighted by molar-refractivity contribution is -0.385. The highest BCUT2D eigenvalue weighted by Crippen LogP contribution is 2.25. The molecular formula is C11H11N5O4. The summed E-state index contributed by atoms with van der Waals surface area (Å²) < 4.78 is 0. The Morgan fingerprint density at radius 2 is 2.20 bits per heavy atom. The molecular weight excluding hydrogens is 266 g/mol. The van der Waals surface area contributed by atoms with E-state index in [2.05, 4.69) is 10.0 Å². The molecule has 0 aromatic heterocycles. The summed E-state index contributed by atoms with van der Waals surface area (Å²) in [5.41, 5.74) is 7.83. The Hall–Kier alpha value is -2.66. The standard InChI is InChI=1S/C11H11N5O4/c12-6-7-3-8(5-9(4-7)16(19)20)11(18)10(17)1-2-14-15-13/h3-5,10-11,17-18H,1-2H2. The van der Waals surface area contributed by atoms with Crippen molar-refractivity contribution in [3.05, 3.63) is 49.9 Å². The third-order valence-corrected chi connectivity index (χ3v) is 2.57. The van der Waals surface area contributed by atoms with E-state index in [0.717, 1.165) is 12.1 Å². The number of benzene rings is 1. The van der Waals surface area contributed by atoms with Crippen molar-refractivity contribution in [1.29, 1.82) is 5.26 Å². The van der Waals surface area contributed by atoms with Gasteiger partial charge in [-0.2, -0.15) is 5.26 Å². The second-order valence-corrected chi connectivity index (χ2v) is 3.94. The van der Waals surface area contributed by atoms with Crippen LogP contribution in [0.15, 0.2) is 23.3 Å². The van der Waals surface area contributed by atoms with E-state index >= 15 is 0 Å². The van der Waals surface area contributed by atoms with Crippen LogP contribution in [-0.2, 0) is 0 Å². The fourth-order valence-corrected chi connectivity index (χ4v) is 1.59. The first-order valence-electron chi connectivity index (χ1n) is 5.56. The Morgan fingerprint density at radius 3 is 2.75 bits per heavy atom. The molecule has 20 heavy (non-hydrogen) atoms. The molecule has 0 spiro atoms. The van der Waals surface area contributed by atoms with E-state index in [0.29, 0.717) is 0 Å². The summed E-state index contributed by atoms with van der Waals surface area (Å²) in [6, 6.07) is 5.16. The highest BCUT2D eigenvalue weighted by molar-refractivity contribution is 5.45. The number of nitro benzene ring substituents is 1. The Balaban J connectivity index is 2.99. The molecule has 104 valence electrons. The Labute approximate surface area is 113 Å². The monoisotopic (exact) mass is 277 g/mol. The van der Waals surface area contributed by atoms with Crippen molar-refractivity contribution >= 4 is 5.69 Å². The van der Waals surface area contributed by atoms with Gasteiger partial charge in [0.05, 0.1) is 22.7 Å². The van der Waals surface area contributed by atoms with Gasteiger partial charge in [-0.15, -0.1) is 0 Å². The molecule has 9 heteroatoms. The lowest BCUT2D eigenvalue weighted by atomic mass is 9.99. The van der Waals surface area contributed by atoms with E-state index in [-0.39, 0.29) is 29.8 Å². The summed E-state index contributed by atoms with van der Waals surface area (Å²) in [6.45, 7) is -0.0191. The fourth-order valence-electron chi connectivity index (χ4n) is 1.59. The van der Waals surface area contributed by atoms with Crippen molar-refractivity contribution in [2.24, 2.45) is 5.11 Å². The minimum Gasteiger partial charge on any atom is -0.390 e. The van der Waals surface area contributed by atoms with Crippen LogP contribution in [0.4, 0.5) is 5.69 Å². The van der Waals surface area contributed by atoms with Crippen LogP contribution in [0.5, 0.6) is 0 Å². The van der Waals surface area contributed by atoms with Crippen molar-refractivity contribution in [1.82, 2.24) is 0 Å². The minimum absolute atomic E-state index is 0.00416. The molecule has 2 N–H and O–H groups in total. The molecule has 0 fully saturated rings. The third-order valence-electron chi connectivity index (χ3n) is 2.57. The number of nitrogens with zero attached hydrogens (tertiary/aromatic N) is 5. The first kappa shape index (κ1) is 15.4. The van der Waals surface area contributed by atoms with E-state index in [9.17, 15) is 20.3 Å². The zero-order chi connectivity index (χ0) is 15.1. The molecule has 1 rings (SSSR count).